The first-order valence-corrected chi connectivity index (χ1v) is 19.0. The molecule has 3 heteroatoms. The van der Waals surface area contributed by atoms with E-state index in [1.54, 1.807) is 0 Å². The zero-order valence-electron chi connectivity index (χ0n) is 31.2. The average molecular weight is 709 g/mol. The fourth-order valence-electron chi connectivity index (χ4n) is 8.58. The zero-order chi connectivity index (χ0) is 37.1. The van der Waals surface area contributed by atoms with E-state index in [-0.39, 0.29) is 5.41 Å². The van der Waals surface area contributed by atoms with E-state index in [9.17, 15) is 0 Å². The Morgan fingerprint density at radius 3 is 1.69 bits per heavy atom. The highest BCUT2D eigenvalue weighted by atomic mass is 16.5. The fourth-order valence-corrected chi connectivity index (χ4v) is 8.58. The van der Waals surface area contributed by atoms with Gasteiger partial charge in [-0.3, -0.25) is 0 Å². The van der Waals surface area contributed by atoms with Crippen LogP contribution in [0.15, 0.2) is 188 Å². The van der Waals surface area contributed by atoms with Crippen molar-refractivity contribution >= 4 is 34.1 Å². The number of nitrogens with zero attached hydrogens (tertiary/aromatic N) is 2. The first-order valence-electron chi connectivity index (χ1n) is 19.0. The lowest BCUT2D eigenvalue weighted by atomic mass is 9.72. The maximum Gasteiger partial charge on any atom is 0.151 e. The third-order valence-electron chi connectivity index (χ3n) is 11.4. The van der Waals surface area contributed by atoms with E-state index in [1.165, 1.54) is 50.2 Å². The second-order valence-corrected chi connectivity index (χ2v) is 15.0. The monoisotopic (exact) mass is 708 g/mol. The molecule has 8 aromatic carbocycles. The molecule has 0 saturated heterocycles. The highest BCUT2D eigenvalue weighted by molar-refractivity contribution is 5.96. The minimum atomic E-state index is -0.203. The van der Waals surface area contributed by atoms with Gasteiger partial charge in [-0.2, -0.15) is 0 Å². The third-order valence-corrected chi connectivity index (χ3v) is 11.4. The van der Waals surface area contributed by atoms with Crippen LogP contribution in [0, 0.1) is 6.92 Å². The standard InChI is InChI=1S/C52H40N2O/c1-35-14-12-22-48-50(35)54-47-34-40(28-33-44(47)52(2,3)45-20-13-23-49(55-48)51(45)54)38-26-31-42(32-27-38)53(41-29-24-37(25-30-41)36-15-6-4-7-16-36)46-21-11-10-19-43(46)39-17-8-5-9-18-39/h4-34H,1-3H3. The number of para-hydroxylation sites is 3. The zero-order valence-corrected chi connectivity index (χ0v) is 31.2. The second-order valence-electron chi connectivity index (χ2n) is 15.0. The van der Waals surface area contributed by atoms with Gasteiger partial charge in [0, 0.05) is 22.4 Å². The molecular weight excluding hydrogens is 669 g/mol. The molecule has 0 atom stereocenters. The maximum absolute atomic E-state index is 6.56. The van der Waals surface area contributed by atoms with Gasteiger partial charge in [-0.1, -0.05) is 153 Å². The van der Waals surface area contributed by atoms with E-state index in [0.29, 0.717) is 0 Å². The van der Waals surface area contributed by atoms with E-state index in [0.717, 1.165) is 45.5 Å². The highest BCUT2D eigenvalue weighted by Crippen LogP contribution is 2.60. The number of ether oxygens (including phenoxy) is 1. The van der Waals surface area contributed by atoms with Crippen LogP contribution in [-0.2, 0) is 5.41 Å². The molecule has 264 valence electrons. The van der Waals surface area contributed by atoms with Gasteiger partial charge in [0.25, 0.3) is 0 Å². The summed E-state index contributed by atoms with van der Waals surface area (Å²) in [4.78, 5) is 4.82. The summed E-state index contributed by atoms with van der Waals surface area (Å²) in [7, 11) is 0. The van der Waals surface area contributed by atoms with Crippen molar-refractivity contribution in [1.82, 2.24) is 0 Å². The van der Waals surface area contributed by atoms with Gasteiger partial charge in [-0.05, 0) is 100.0 Å². The van der Waals surface area contributed by atoms with Crippen LogP contribution < -0.4 is 14.5 Å². The lowest BCUT2D eigenvalue weighted by Crippen LogP contribution is -2.32. The summed E-state index contributed by atoms with van der Waals surface area (Å²) < 4.78 is 6.56. The summed E-state index contributed by atoms with van der Waals surface area (Å²) in [6.07, 6.45) is 0. The van der Waals surface area contributed by atoms with Gasteiger partial charge in [0.1, 0.15) is 0 Å². The molecule has 0 spiro atoms. The minimum absolute atomic E-state index is 0.203. The highest BCUT2D eigenvalue weighted by Gasteiger charge is 2.42. The first-order chi connectivity index (χ1) is 27.0. The third kappa shape index (κ3) is 5.42. The molecular formula is C52H40N2O. The Balaban J connectivity index is 1.08. The van der Waals surface area contributed by atoms with Crippen LogP contribution in [0.2, 0.25) is 0 Å². The Kier molecular flexibility index (Phi) is 7.71. The van der Waals surface area contributed by atoms with Crippen LogP contribution in [0.1, 0.15) is 30.5 Å². The summed E-state index contributed by atoms with van der Waals surface area (Å²) in [6.45, 7) is 6.83. The molecule has 0 radical (unpaired) electrons. The van der Waals surface area contributed by atoms with E-state index in [2.05, 4.69) is 219 Å². The topological polar surface area (TPSA) is 15.7 Å². The average Bonchev–Trinajstić information content (AvgIpc) is 3.24. The van der Waals surface area contributed by atoms with Gasteiger partial charge in [-0.25, -0.2) is 0 Å². The molecule has 8 aromatic rings. The normalized spacial score (nSPS) is 13.3. The van der Waals surface area contributed by atoms with Gasteiger partial charge in [-0.15, -0.1) is 0 Å². The molecule has 55 heavy (non-hydrogen) atoms. The van der Waals surface area contributed by atoms with Crippen LogP contribution >= 0.6 is 0 Å². The van der Waals surface area contributed by atoms with Crippen LogP contribution in [0.3, 0.4) is 0 Å². The molecule has 3 nitrogen and oxygen atoms in total. The van der Waals surface area contributed by atoms with Crippen molar-refractivity contribution in [3.63, 3.8) is 0 Å². The molecule has 0 aromatic heterocycles. The van der Waals surface area contributed by atoms with Crippen molar-refractivity contribution in [2.75, 3.05) is 9.80 Å². The summed E-state index contributed by atoms with van der Waals surface area (Å²) in [5.41, 5.74) is 17.4. The Labute approximate surface area is 323 Å². The fraction of sp³-hybridized carbons (Fsp3) is 0.0769. The maximum atomic E-state index is 6.56. The van der Waals surface area contributed by atoms with E-state index < -0.39 is 0 Å². The molecule has 2 heterocycles. The van der Waals surface area contributed by atoms with Gasteiger partial charge >= 0.3 is 0 Å². The largest absolute Gasteiger partial charge is 0.453 e. The number of aryl methyl sites for hydroxylation is 1. The lowest BCUT2D eigenvalue weighted by molar-refractivity contribution is 0.471. The minimum Gasteiger partial charge on any atom is -0.453 e. The molecule has 0 bridgehead atoms. The van der Waals surface area contributed by atoms with Crippen LogP contribution in [0.25, 0.3) is 33.4 Å². The van der Waals surface area contributed by atoms with Crippen molar-refractivity contribution in [1.29, 1.82) is 0 Å². The van der Waals surface area contributed by atoms with Crippen LogP contribution in [-0.4, -0.2) is 0 Å². The Hall–Kier alpha value is -6.84. The van der Waals surface area contributed by atoms with E-state index >= 15 is 0 Å². The molecule has 2 aliphatic heterocycles. The molecule has 0 amide bonds. The van der Waals surface area contributed by atoms with Crippen molar-refractivity contribution in [3.05, 3.63) is 205 Å². The molecule has 0 fully saturated rings. The van der Waals surface area contributed by atoms with Gasteiger partial charge in [0.05, 0.1) is 22.7 Å². The molecule has 0 unspecified atom stereocenters. The Morgan fingerprint density at radius 2 is 1.00 bits per heavy atom. The summed E-state index contributed by atoms with van der Waals surface area (Å²) in [5, 5.41) is 0. The number of benzene rings is 8. The number of hydrogen-bond acceptors (Lipinski definition) is 3. The van der Waals surface area contributed by atoms with E-state index in [1.807, 2.05) is 0 Å². The molecule has 0 N–H and O–H groups in total. The van der Waals surface area contributed by atoms with Crippen LogP contribution in [0.5, 0.6) is 11.5 Å². The summed E-state index contributed by atoms with van der Waals surface area (Å²) >= 11 is 0. The van der Waals surface area contributed by atoms with Crippen molar-refractivity contribution in [2.24, 2.45) is 0 Å². The molecule has 2 aliphatic rings. The van der Waals surface area contributed by atoms with Crippen molar-refractivity contribution in [3.8, 4) is 44.9 Å². The predicted molar refractivity (Wildman–Crippen MR) is 229 cm³/mol. The van der Waals surface area contributed by atoms with Gasteiger partial charge in [0.15, 0.2) is 11.5 Å². The second kappa shape index (κ2) is 12.9. The predicted octanol–water partition coefficient (Wildman–Crippen LogP) is 14.7. The Morgan fingerprint density at radius 1 is 0.455 bits per heavy atom. The quantitative estimate of drug-likeness (QED) is 0.171. The number of rotatable bonds is 6. The lowest BCUT2D eigenvalue weighted by Gasteiger charge is -2.45. The van der Waals surface area contributed by atoms with Gasteiger partial charge < -0.3 is 14.5 Å². The summed E-state index contributed by atoms with van der Waals surface area (Å²) in [5.74, 6) is 1.79. The number of fused-ring (bicyclic) bond motifs is 4. The first kappa shape index (κ1) is 32.8. The molecule has 10 rings (SSSR count). The van der Waals surface area contributed by atoms with Crippen LogP contribution in [0.4, 0.5) is 34.1 Å². The van der Waals surface area contributed by atoms with Crippen molar-refractivity contribution < 1.29 is 4.74 Å². The molecule has 0 saturated carbocycles. The SMILES string of the molecule is Cc1cccc2c1N1c3cc(-c4ccc(N(c5ccc(-c6ccccc6)cc5)c5ccccc5-c5ccccc5)cc4)ccc3C(C)(C)c3cccc(c31)O2. The number of anilines is 6. The molecule has 0 aliphatic carbocycles. The smallest absolute Gasteiger partial charge is 0.151 e. The summed E-state index contributed by atoms with van der Waals surface area (Å²) in [6, 6.07) is 67.7. The number of hydrogen-bond donors (Lipinski definition) is 0. The van der Waals surface area contributed by atoms with Crippen molar-refractivity contribution in [2.45, 2.75) is 26.2 Å². The Bertz CT molecular complexity index is 2700. The van der Waals surface area contributed by atoms with E-state index in [4.69, 9.17) is 4.74 Å². The van der Waals surface area contributed by atoms with Gasteiger partial charge in [0.2, 0.25) is 0 Å².